The van der Waals surface area contributed by atoms with Crippen molar-refractivity contribution in [2.24, 2.45) is 5.10 Å². The van der Waals surface area contributed by atoms with Gasteiger partial charge in [0.15, 0.2) is 5.11 Å². The maximum absolute atomic E-state index is 12.4. The standard InChI is InChI=1S/C21H15BrClN3O2S/c22-15-10-11-19(28-20(27)17-8-4-5-9-18(17)23)14(12-15)13-24-26-21(29)25-16-6-2-1-3-7-16/h1-13H,(H2,25,26,29). The van der Waals surface area contributed by atoms with Crippen LogP contribution in [-0.2, 0) is 0 Å². The molecule has 3 rings (SSSR count). The molecule has 29 heavy (non-hydrogen) atoms. The van der Waals surface area contributed by atoms with E-state index in [2.05, 4.69) is 31.8 Å². The zero-order chi connectivity index (χ0) is 20.6. The number of ether oxygens (including phenoxy) is 1. The molecule has 0 amide bonds. The predicted molar refractivity (Wildman–Crippen MR) is 124 cm³/mol. The van der Waals surface area contributed by atoms with Gasteiger partial charge in [-0.2, -0.15) is 5.10 Å². The molecular weight excluding hydrogens is 474 g/mol. The van der Waals surface area contributed by atoms with Crippen LogP contribution in [0.5, 0.6) is 5.75 Å². The third kappa shape index (κ3) is 6.12. The normalized spacial score (nSPS) is 10.6. The predicted octanol–water partition coefficient (Wildman–Crippen LogP) is 5.64. The van der Waals surface area contributed by atoms with Crippen LogP contribution in [0.15, 0.2) is 82.4 Å². The topological polar surface area (TPSA) is 62.7 Å². The van der Waals surface area contributed by atoms with Crippen LogP contribution in [-0.4, -0.2) is 17.3 Å². The van der Waals surface area contributed by atoms with Gasteiger partial charge in [-0.3, -0.25) is 5.43 Å². The van der Waals surface area contributed by atoms with Crippen LogP contribution in [0, 0.1) is 0 Å². The number of nitrogens with one attached hydrogen (secondary N) is 2. The monoisotopic (exact) mass is 487 g/mol. The molecule has 0 saturated heterocycles. The lowest BCUT2D eigenvalue weighted by molar-refractivity contribution is 0.0734. The van der Waals surface area contributed by atoms with Crippen LogP contribution in [0.25, 0.3) is 0 Å². The number of carbonyl (C=O) groups excluding carboxylic acids is 1. The van der Waals surface area contributed by atoms with E-state index < -0.39 is 5.97 Å². The summed E-state index contributed by atoms with van der Waals surface area (Å²) < 4.78 is 6.32. The van der Waals surface area contributed by atoms with E-state index in [0.717, 1.165) is 10.2 Å². The third-order valence-electron chi connectivity index (χ3n) is 3.67. The number of carbonyl (C=O) groups is 1. The average molecular weight is 489 g/mol. The fourth-order valence-corrected chi connectivity index (χ4v) is 3.10. The molecule has 0 unspecified atom stereocenters. The first-order valence-corrected chi connectivity index (χ1v) is 10.0. The Kier molecular flexibility index (Phi) is 7.35. The van der Waals surface area contributed by atoms with E-state index in [1.54, 1.807) is 42.5 Å². The third-order valence-corrected chi connectivity index (χ3v) is 4.69. The lowest BCUT2D eigenvalue weighted by Crippen LogP contribution is -2.23. The summed E-state index contributed by atoms with van der Waals surface area (Å²) in [5, 5.41) is 7.79. The Balaban J connectivity index is 1.70. The Bertz CT molecular complexity index is 1060. The largest absolute Gasteiger partial charge is 0.422 e. The fourth-order valence-electron chi connectivity index (χ4n) is 2.34. The Morgan fingerprint density at radius 3 is 2.55 bits per heavy atom. The summed E-state index contributed by atoms with van der Waals surface area (Å²) in [5.74, 6) is -0.215. The summed E-state index contributed by atoms with van der Waals surface area (Å²) in [5.41, 5.74) is 4.44. The number of hydrogen-bond acceptors (Lipinski definition) is 4. The highest BCUT2D eigenvalue weighted by Crippen LogP contribution is 2.24. The Hall–Kier alpha value is -2.74. The highest BCUT2D eigenvalue weighted by atomic mass is 79.9. The molecule has 5 nitrogen and oxygen atoms in total. The van der Waals surface area contributed by atoms with Gasteiger partial charge < -0.3 is 10.1 Å². The van der Waals surface area contributed by atoms with Gasteiger partial charge in [0.1, 0.15) is 5.75 Å². The second kappa shape index (κ2) is 10.2. The molecule has 0 bridgehead atoms. The number of halogens is 2. The first kappa shape index (κ1) is 21.0. The van der Waals surface area contributed by atoms with Gasteiger partial charge in [0, 0.05) is 15.7 Å². The molecule has 0 atom stereocenters. The number of hydrogen-bond donors (Lipinski definition) is 2. The van der Waals surface area contributed by atoms with Crippen molar-refractivity contribution in [2.45, 2.75) is 0 Å². The summed E-state index contributed by atoms with van der Waals surface area (Å²) in [6.45, 7) is 0. The number of nitrogens with zero attached hydrogens (tertiary/aromatic N) is 1. The SMILES string of the molecule is O=C(Oc1ccc(Br)cc1C=NNC(=S)Nc1ccccc1)c1ccccc1Cl. The van der Waals surface area contributed by atoms with Crippen molar-refractivity contribution in [3.05, 3.63) is 93.4 Å². The minimum atomic E-state index is -0.554. The second-order valence-electron chi connectivity index (χ2n) is 5.74. The maximum Gasteiger partial charge on any atom is 0.345 e. The summed E-state index contributed by atoms with van der Waals surface area (Å²) in [6, 6.07) is 21.4. The Morgan fingerprint density at radius 1 is 1.07 bits per heavy atom. The van der Waals surface area contributed by atoms with Crippen LogP contribution >= 0.6 is 39.7 Å². The highest BCUT2D eigenvalue weighted by Gasteiger charge is 2.14. The molecule has 0 aliphatic carbocycles. The Morgan fingerprint density at radius 2 is 1.79 bits per heavy atom. The molecule has 0 spiro atoms. The van der Waals surface area contributed by atoms with Gasteiger partial charge in [-0.1, -0.05) is 57.9 Å². The van der Waals surface area contributed by atoms with E-state index in [0.29, 0.717) is 21.4 Å². The zero-order valence-electron chi connectivity index (χ0n) is 14.9. The van der Waals surface area contributed by atoms with Gasteiger partial charge in [-0.05, 0) is 54.7 Å². The molecule has 0 aromatic heterocycles. The highest BCUT2D eigenvalue weighted by molar-refractivity contribution is 9.10. The van der Waals surface area contributed by atoms with E-state index in [9.17, 15) is 4.79 Å². The fraction of sp³-hybridized carbons (Fsp3) is 0. The van der Waals surface area contributed by atoms with Crippen molar-refractivity contribution in [2.75, 3.05) is 5.32 Å². The number of anilines is 1. The van der Waals surface area contributed by atoms with Crippen molar-refractivity contribution in [3.8, 4) is 5.75 Å². The molecule has 3 aromatic rings. The minimum absolute atomic E-state index is 0.284. The van der Waals surface area contributed by atoms with Gasteiger partial charge in [0.2, 0.25) is 0 Å². The second-order valence-corrected chi connectivity index (χ2v) is 7.47. The molecule has 2 N–H and O–H groups in total. The molecule has 0 heterocycles. The number of hydrazone groups is 1. The smallest absolute Gasteiger partial charge is 0.345 e. The van der Waals surface area contributed by atoms with Gasteiger partial charge in [0.05, 0.1) is 16.8 Å². The van der Waals surface area contributed by atoms with E-state index in [-0.39, 0.29) is 5.56 Å². The van der Waals surface area contributed by atoms with E-state index in [4.69, 9.17) is 28.6 Å². The summed E-state index contributed by atoms with van der Waals surface area (Å²) in [7, 11) is 0. The van der Waals surface area contributed by atoms with E-state index in [1.807, 2.05) is 30.3 Å². The van der Waals surface area contributed by atoms with Crippen LogP contribution in [0.4, 0.5) is 5.69 Å². The van der Waals surface area contributed by atoms with Crippen LogP contribution in [0.1, 0.15) is 15.9 Å². The number of rotatable bonds is 5. The van der Waals surface area contributed by atoms with Crippen molar-refractivity contribution in [3.63, 3.8) is 0 Å². The van der Waals surface area contributed by atoms with Gasteiger partial charge in [0.25, 0.3) is 0 Å². The van der Waals surface area contributed by atoms with Crippen molar-refractivity contribution in [1.82, 2.24) is 5.43 Å². The lowest BCUT2D eigenvalue weighted by Gasteiger charge is -2.09. The van der Waals surface area contributed by atoms with Crippen molar-refractivity contribution >= 4 is 62.7 Å². The van der Waals surface area contributed by atoms with Gasteiger partial charge in [-0.25, -0.2) is 4.79 Å². The first-order valence-electron chi connectivity index (χ1n) is 8.44. The number of thiocarbonyl (C=S) groups is 1. The molecule has 8 heteroatoms. The minimum Gasteiger partial charge on any atom is -0.422 e. The molecule has 0 fully saturated rings. The molecule has 0 saturated carbocycles. The Labute approximate surface area is 186 Å². The first-order chi connectivity index (χ1) is 14.0. The molecule has 0 aliphatic heterocycles. The molecular formula is C21H15BrClN3O2S. The van der Waals surface area contributed by atoms with Gasteiger partial charge >= 0.3 is 5.97 Å². The zero-order valence-corrected chi connectivity index (χ0v) is 18.1. The average Bonchev–Trinajstić information content (AvgIpc) is 2.71. The number of benzene rings is 3. The molecule has 0 aliphatic rings. The summed E-state index contributed by atoms with van der Waals surface area (Å²) in [4.78, 5) is 12.4. The molecule has 146 valence electrons. The van der Waals surface area contributed by atoms with Crippen LogP contribution in [0.3, 0.4) is 0 Å². The summed E-state index contributed by atoms with van der Waals surface area (Å²) in [6.07, 6.45) is 1.51. The summed E-state index contributed by atoms with van der Waals surface area (Å²) >= 11 is 14.7. The molecule has 3 aromatic carbocycles. The van der Waals surface area contributed by atoms with E-state index >= 15 is 0 Å². The van der Waals surface area contributed by atoms with Crippen LogP contribution in [0.2, 0.25) is 5.02 Å². The van der Waals surface area contributed by atoms with Crippen molar-refractivity contribution < 1.29 is 9.53 Å². The molecule has 0 radical (unpaired) electrons. The van der Waals surface area contributed by atoms with Crippen LogP contribution < -0.4 is 15.5 Å². The van der Waals surface area contributed by atoms with Gasteiger partial charge in [-0.15, -0.1) is 0 Å². The van der Waals surface area contributed by atoms with E-state index in [1.165, 1.54) is 6.21 Å². The number of esters is 1. The maximum atomic E-state index is 12.4. The quantitative estimate of drug-likeness (QED) is 0.160. The number of para-hydroxylation sites is 1. The lowest BCUT2D eigenvalue weighted by atomic mass is 10.2. The van der Waals surface area contributed by atoms with Crippen molar-refractivity contribution in [1.29, 1.82) is 0 Å².